The van der Waals surface area contributed by atoms with Crippen LogP contribution in [-0.4, -0.2) is 30.5 Å². The molecule has 2 aromatic carbocycles. The van der Waals surface area contributed by atoms with Gasteiger partial charge in [-0.05, 0) is 47.5 Å². The normalized spacial score (nSPS) is 10.5. The van der Waals surface area contributed by atoms with Gasteiger partial charge in [-0.3, -0.25) is 14.4 Å². The first-order valence-electron chi connectivity index (χ1n) is 10.2. The number of nitrogens with one attached hydrogen (secondary N) is 3. The van der Waals surface area contributed by atoms with Gasteiger partial charge in [-0.2, -0.15) is 5.10 Å². The quantitative estimate of drug-likeness (QED) is 0.236. The summed E-state index contributed by atoms with van der Waals surface area (Å²) in [5.41, 5.74) is 3.98. The van der Waals surface area contributed by atoms with Crippen LogP contribution in [-0.2, 0) is 27.5 Å². The Balaban J connectivity index is 1.33. The second-order valence-electron chi connectivity index (χ2n) is 6.95. The minimum absolute atomic E-state index is 0.128. The van der Waals surface area contributed by atoms with Crippen molar-refractivity contribution < 1.29 is 23.5 Å². The van der Waals surface area contributed by atoms with Crippen molar-refractivity contribution in [2.24, 2.45) is 5.10 Å². The van der Waals surface area contributed by atoms with Crippen LogP contribution in [0, 0.1) is 0 Å². The van der Waals surface area contributed by atoms with Crippen LogP contribution in [0.15, 0.2) is 82.5 Å². The first-order chi connectivity index (χ1) is 16.1. The number of benzene rings is 2. The Bertz CT molecular complexity index is 1060. The third-order valence-corrected chi connectivity index (χ3v) is 4.35. The lowest BCUT2D eigenvalue weighted by Gasteiger charge is -2.07. The molecular weight excluding hydrogens is 424 g/mol. The summed E-state index contributed by atoms with van der Waals surface area (Å²) in [6, 6.07) is 19.7. The Labute approximate surface area is 190 Å². The third kappa shape index (κ3) is 8.70. The molecule has 170 valence electrons. The number of carbonyl (C=O) groups excluding carboxylic acids is 3. The molecule has 0 aliphatic carbocycles. The number of rotatable bonds is 11. The molecule has 9 nitrogen and oxygen atoms in total. The summed E-state index contributed by atoms with van der Waals surface area (Å²) in [6.45, 7) is 0.526. The molecule has 1 aromatic heterocycles. The van der Waals surface area contributed by atoms with Crippen LogP contribution in [0.4, 0.5) is 0 Å². The maximum atomic E-state index is 11.8. The van der Waals surface area contributed by atoms with Crippen LogP contribution >= 0.6 is 0 Å². The summed E-state index contributed by atoms with van der Waals surface area (Å²) >= 11 is 0. The van der Waals surface area contributed by atoms with Crippen LogP contribution in [0.1, 0.15) is 23.3 Å². The molecule has 0 saturated heterocycles. The smallest absolute Gasteiger partial charge is 0.258 e. The van der Waals surface area contributed by atoms with Crippen molar-refractivity contribution >= 4 is 23.9 Å². The van der Waals surface area contributed by atoms with E-state index in [0.717, 1.165) is 5.56 Å². The standard InChI is InChI=1S/C24H24N4O5/c29-22(25-14-18-5-2-1-3-6-18)13-23(30)28-27-15-19-8-10-20(11-9-19)33-17-24(31)26-16-21-7-4-12-32-21/h1-12,15H,13-14,16-17H2,(H,25,29)(H,26,31)(H,28,30)/b27-15+. The van der Waals surface area contributed by atoms with Gasteiger partial charge in [0.15, 0.2) is 6.61 Å². The van der Waals surface area contributed by atoms with E-state index >= 15 is 0 Å². The average molecular weight is 448 g/mol. The molecule has 33 heavy (non-hydrogen) atoms. The van der Waals surface area contributed by atoms with Gasteiger partial charge in [0.2, 0.25) is 11.8 Å². The molecule has 3 N–H and O–H groups in total. The van der Waals surface area contributed by atoms with Crippen molar-refractivity contribution in [2.45, 2.75) is 19.5 Å². The lowest BCUT2D eigenvalue weighted by molar-refractivity contribution is -0.129. The molecule has 0 unspecified atom stereocenters. The molecule has 0 aliphatic heterocycles. The maximum absolute atomic E-state index is 11.8. The number of furan rings is 1. The SMILES string of the molecule is O=C(COc1ccc(/C=N/NC(=O)CC(=O)NCc2ccccc2)cc1)NCc1ccco1. The maximum Gasteiger partial charge on any atom is 0.258 e. The molecule has 0 radical (unpaired) electrons. The molecule has 9 heteroatoms. The van der Waals surface area contributed by atoms with Gasteiger partial charge in [0.05, 0.1) is 19.0 Å². The third-order valence-electron chi connectivity index (χ3n) is 4.35. The van der Waals surface area contributed by atoms with Gasteiger partial charge >= 0.3 is 0 Å². The number of ether oxygens (including phenoxy) is 1. The van der Waals surface area contributed by atoms with E-state index in [0.29, 0.717) is 30.2 Å². The molecule has 0 spiro atoms. The highest BCUT2D eigenvalue weighted by Crippen LogP contribution is 2.11. The zero-order valence-corrected chi connectivity index (χ0v) is 17.8. The highest BCUT2D eigenvalue weighted by molar-refractivity contribution is 5.97. The molecule has 3 amide bonds. The Hall–Kier alpha value is -4.40. The Morgan fingerprint density at radius 3 is 2.33 bits per heavy atom. The molecule has 3 rings (SSSR count). The van der Waals surface area contributed by atoms with Crippen LogP contribution in [0.2, 0.25) is 0 Å². The Kier molecular flexibility index (Phi) is 8.78. The highest BCUT2D eigenvalue weighted by Gasteiger charge is 2.08. The summed E-state index contributed by atoms with van der Waals surface area (Å²) < 4.78 is 10.6. The number of hydrogen-bond acceptors (Lipinski definition) is 6. The van der Waals surface area contributed by atoms with Crippen molar-refractivity contribution in [1.29, 1.82) is 0 Å². The van der Waals surface area contributed by atoms with Crippen LogP contribution in [0.5, 0.6) is 5.75 Å². The second kappa shape index (κ2) is 12.5. The van der Waals surface area contributed by atoms with E-state index in [1.807, 2.05) is 30.3 Å². The minimum Gasteiger partial charge on any atom is -0.484 e. The Morgan fingerprint density at radius 1 is 0.848 bits per heavy atom. The zero-order valence-electron chi connectivity index (χ0n) is 17.8. The molecule has 1 heterocycles. The summed E-state index contributed by atoms with van der Waals surface area (Å²) in [7, 11) is 0. The molecule has 0 saturated carbocycles. The largest absolute Gasteiger partial charge is 0.484 e. The van der Waals surface area contributed by atoms with E-state index in [-0.39, 0.29) is 24.8 Å². The monoisotopic (exact) mass is 448 g/mol. The first-order valence-corrected chi connectivity index (χ1v) is 10.2. The van der Waals surface area contributed by atoms with Gasteiger partial charge < -0.3 is 19.8 Å². The lowest BCUT2D eigenvalue weighted by Crippen LogP contribution is -2.29. The van der Waals surface area contributed by atoms with Crippen molar-refractivity contribution in [2.75, 3.05) is 6.61 Å². The van der Waals surface area contributed by atoms with Gasteiger partial charge in [0, 0.05) is 6.54 Å². The van der Waals surface area contributed by atoms with Crippen LogP contribution < -0.4 is 20.8 Å². The van der Waals surface area contributed by atoms with Crippen molar-refractivity contribution in [3.8, 4) is 5.75 Å². The van der Waals surface area contributed by atoms with Crippen molar-refractivity contribution in [3.63, 3.8) is 0 Å². The van der Waals surface area contributed by atoms with E-state index in [4.69, 9.17) is 9.15 Å². The van der Waals surface area contributed by atoms with Crippen molar-refractivity contribution in [1.82, 2.24) is 16.1 Å². The summed E-state index contributed by atoms with van der Waals surface area (Å²) in [5.74, 6) is -0.00236. The predicted octanol–water partition coefficient (Wildman–Crippen LogP) is 2.13. The Morgan fingerprint density at radius 2 is 1.61 bits per heavy atom. The number of nitrogens with zero attached hydrogens (tertiary/aromatic N) is 1. The van der Waals surface area contributed by atoms with E-state index in [1.54, 1.807) is 36.4 Å². The van der Waals surface area contributed by atoms with E-state index in [9.17, 15) is 14.4 Å². The van der Waals surface area contributed by atoms with Gasteiger partial charge in [0.1, 0.15) is 17.9 Å². The fourth-order valence-corrected chi connectivity index (χ4v) is 2.67. The first kappa shape index (κ1) is 23.3. The van der Waals surface area contributed by atoms with Gasteiger partial charge in [0.25, 0.3) is 5.91 Å². The minimum atomic E-state index is -0.516. The van der Waals surface area contributed by atoms with E-state index in [1.165, 1.54) is 12.5 Å². The molecule has 0 bridgehead atoms. The molecular formula is C24H24N4O5. The van der Waals surface area contributed by atoms with Crippen molar-refractivity contribution in [3.05, 3.63) is 89.9 Å². The molecule has 3 aromatic rings. The molecule has 0 fully saturated rings. The lowest BCUT2D eigenvalue weighted by atomic mass is 10.2. The van der Waals surface area contributed by atoms with E-state index in [2.05, 4.69) is 21.2 Å². The number of hydrogen-bond donors (Lipinski definition) is 3. The van der Waals surface area contributed by atoms with Gasteiger partial charge in [-0.1, -0.05) is 30.3 Å². The summed E-state index contributed by atoms with van der Waals surface area (Å²) in [5, 5.41) is 9.21. The van der Waals surface area contributed by atoms with Gasteiger partial charge in [-0.15, -0.1) is 0 Å². The fourth-order valence-electron chi connectivity index (χ4n) is 2.67. The van der Waals surface area contributed by atoms with Crippen LogP contribution in [0.25, 0.3) is 0 Å². The average Bonchev–Trinajstić information content (AvgIpc) is 3.35. The number of carbonyl (C=O) groups is 3. The highest BCUT2D eigenvalue weighted by atomic mass is 16.5. The predicted molar refractivity (Wildman–Crippen MR) is 121 cm³/mol. The van der Waals surface area contributed by atoms with Gasteiger partial charge in [-0.25, -0.2) is 5.43 Å². The van der Waals surface area contributed by atoms with E-state index < -0.39 is 5.91 Å². The summed E-state index contributed by atoms with van der Waals surface area (Å²) in [6.07, 6.45) is 2.66. The fraction of sp³-hybridized carbons (Fsp3) is 0.167. The summed E-state index contributed by atoms with van der Waals surface area (Å²) in [4.78, 5) is 35.5. The van der Waals surface area contributed by atoms with Crippen LogP contribution in [0.3, 0.4) is 0 Å². The zero-order chi connectivity index (χ0) is 23.3. The second-order valence-corrected chi connectivity index (χ2v) is 6.95. The number of amides is 3. The molecule has 0 atom stereocenters. The number of hydrazone groups is 1. The molecule has 0 aliphatic rings. The topological polar surface area (TPSA) is 122 Å².